The molecule has 0 amide bonds. The minimum absolute atomic E-state index is 0.0772. The molecule has 19 heavy (non-hydrogen) atoms. The smallest absolute Gasteiger partial charge is 0.194 e. The van der Waals surface area contributed by atoms with Gasteiger partial charge in [0.2, 0.25) is 0 Å². The minimum Gasteiger partial charge on any atom is -0.506 e. The van der Waals surface area contributed by atoms with E-state index in [2.05, 4.69) is 31.1 Å². The Morgan fingerprint density at radius 1 is 1.32 bits per heavy atom. The molecule has 0 saturated heterocycles. The van der Waals surface area contributed by atoms with Crippen LogP contribution in [0.15, 0.2) is 45.1 Å². The number of phenols is 1. The highest BCUT2D eigenvalue weighted by molar-refractivity contribution is 9.10. The van der Waals surface area contributed by atoms with Crippen molar-refractivity contribution in [3.63, 3.8) is 0 Å². The van der Waals surface area contributed by atoms with Gasteiger partial charge in [-0.2, -0.15) is 0 Å². The molecule has 0 aliphatic heterocycles. The SMILES string of the molecule is O=Nc1cc(Br)c(O)c(/C=N/c2ncccc2O)c1. The highest BCUT2D eigenvalue weighted by atomic mass is 79.9. The first-order valence-corrected chi connectivity index (χ1v) is 5.95. The molecule has 0 aliphatic rings. The molecule has 0 radical (unpaired) electrons. The molecule has 0 aliphatic carbocycles. The average Bonchev–Trinajstić information content (AvgIpc) is 2.42. The third kappa shape index (κ3) is 2.94. The van der Waals surface area contributed by atoms with Crippen LogP contribution in [0.3, 0.4) is 0 Å². The van der Waals surface area contributed by atoms with Crippen molar-refractivity contribution in [2.24, 2.45) is 10.2 Å². The Hall–Kier alpha value is -2.28. The van der Waals surface area contributed by atoms with Crippen LogP contribution >= 0.6 is 15.9 Å². The maximum atomic E-state index is 10.5. The Bertz CT molecular complexity index is 659. The molecule has 0 unspecified atom stereocenters. The largest absolute Gasteiger partial charge is 0.506 e. The molecular formula is C12H8BrN3O3. The average molecular weight is 322 g/mol. The molecule has 0 spiro atoms. The van der Waals surface area contributed by atoms with Gasteiger partial charge in [-0.25, -0.2) is 9.98 Å². The van der Waals surface area contributed by atoms with Gasteiger partial charge in [0.1, 0.15) is 11.4 Å². The zero-order valence-electron chi connectivity index (χ0n) is 9.49. The Balaban J connectivity index is 2.41. The van der Waals surface area contributed by atoms with Crippen LogP contribution in [0.25, 0.3) is 0 Å². The standard InChI is InChI=1S/C12H8BrN3O3/c13-9-5-8(16-19)4-7(11(9)18)6-15-12-10(17)2-1-3-14-12/h1-6,17-18H/b15-6+. The van der Waals surface area contributed by atoms with Crippen molar-refractivity contribution in [2.75, 3.05) is 0 Å². The summed E-state index contributed by atoms with van der Waals surface area (Å²) < 4.78 is 0.330. The maximum absolute atomic E-state index is 10.5. The second-order valence-corrected chi connectivity index (χ2v) is 4.42. The second-order valence-electron chi connectivity index (χ2n) is 3.56. The van der Waals surface area contributed by atoms with Gasteiger partial charge < -0.3 is 10.2 Å². The minimum atomic E-state index is -0.0815. The lowest BCUT2D eigenvalue weighted by atomic mass is 10.2. The van der Waals surface area contributed by atoms with Crippen molar-refractivity contribution in [2.45, 2.75) is 0 Å². The van der Waals surface area contributed by atoms with Crippen LogP contribution < -0.4 is 0 Å². The third-order valence-electron chi connectivity index (χ3n) is 2.28. The molecule has 0 bridgehead atoms. The number of aromatic nitrogens is 1. The number of nitrogens with zero attached hydrogens (tertiary/aromatic N) is 3. The van der Waals surface area contributed by atoms with Gasteiger partial charge in [0, 0.05) is 18.0 Å². The Morgan fingerprint density at radius 3 is 2.79 bits per heavy atom. The maximum Gasteiger partial charge on any atom is 0.194 e. The molecule has 7 heteroatoms. The van der Waals surface area contributed by atoms with Gasteiger partial charge in [0.05, 0.1) is 4.47 Å². The lowest BCUT2D eigenvalue weighted by Crippen LogP contribution is -1.84. The molecule has 2 N–H and O–H groups in total. The van der Waals surface area contributed by atoms with E-state index in [0.29, 0.717) is 4.47 Å². The second kappa shape index (κ2) is 5.57. The summed E-state index contributed by atoms with van der Waals surface area (Å²) in [4.78, 5) is 18.3. The highest BCUT2D eigenvalue weighted by Gasteiger charge is 2.07. The van der Waals surface area contributed by atoms with Crippen LogP contribution in [0.4, 0.5) is 11.5 Å². The highest BCUT2D eigenvalue weighted by Crippen LogP contribution is 2.32. The predicted molar refractivity (Wildman–Crippen MR) is 74.4 cm³/mol. The zero-order chi connectivity index (χ0) is 13.8. The number of phenolic OH excluding ortho intramolecular Hbond substituents is 1. The number of halogens is 1. The lowest BCUT2D eigenvalue weighted by molar-refractivity contribution is 0.470. The number of rotatable bonds is 3. The Labute approximate surface area is 116 Å². The van der Waals surface area contributed by atoms with Gasteiger partial charge in [0.15, 0.2) is 11.6 Å². The van der Waals surface area contributed by atoms with Gasteiger partial charge in [-0.1, -0.05) is 0 Å². The normalized spacial score (nSPS) is 10.8. The number of hydrogen-bond donors (Lipinski definition) is 2. The van der Waals surface area contributed by atoms with Crippen LogP contribution in [-0.4, -0.2) is 21.4 Å². The molecule has 0 saturated carbocycles. The fourth-order valence-corrected chi connectivity index (χ4v) is 1.84. The van der Waals surface area contributed by atoms with E-state index in [1.165, 1.54) is 30.6 Å². The topological polar surface area (TPSA) is 95.1 Å². The molecular weight excluding hydrogens is 314 g/mol. The molecule has 2 aromatic rings. The molecule has 2 rings (SSSR count). The van der Waals surface area contributed by atoms with E-state index in [0.717, 1.165) is 0 Å². The van der Waals surface area contributed by atoms with Crippen LogP contribution in [0, 0.1) is 4.91 Å². The fourth-order valence-electron chi connectivity index (χ4n) is 1.38. The Kier molecular flexibility index (Phi) is 3.86. The fraction of sp³-hybridized carbons (Fsp3) is 0. The molecule has 1 aromatic heterocycles. The molecule has 1 heterocycles. The number of hydrogen-bond acceptors (Lipinski definition) is 6. The summed E-state index contributed by atoms with van der Waals surface area (Å²) in [5.74, 6) is -0.0453. The van der Waals surface area contributed by atoms with E-state index in [9.17, 15) is 15.1 Å². The zero-order valence-corrected chi connectivity index (χ0v) is 11.1. The number of nitroso groups, excluding NO2 is 1. The predicted octanol–water partition coefficient (Wildman–Crippen LogP) is 3.40. The summed E-state index contributed by atoms with van der Waals surface area (Å²) in [5.41, 5.74) is 0.436. The summed E-state index contributed by atoms with van der Waals surface area (Å²) >= 11 is 3.10. The van der Waals surface area contributed by atoms with Crippen molar-refractivity contribution >= 4 is 33.6 Å². The van der Waals surface area contributed by atoms with E-state index in [1.807, 2.05) is 0 Å². The number of benzene rings is 1. The molecule has 96 valence electrons. The van der Waals surface area contributed by atoms with Crippen LogP contribution in [0.5, 0.6) is 11.5 Å². The summed E-state index contributed by atoms with van der Waals surface area (Å²) in [6.07, 6.45) is 2.77. The number of pyridine rings is 1. The Morgan fingerprint density at radius 2 is 2.11 bits per heavy atom. The van der Waals surface area contributed by atoms with Crippen LogP contribution in [0.1, 0.15) is 5.56 Å². The van der Waals surface area contributed by atoms with Crippen LogP contribution in [0.2, 0.25) is 0 Å². The summed E-state index contributed by atoms with van der Waals surface area (Å²) in [6, 6.07) is 5.77. The molecule has 0 fully saturated rings. The van der Waals surface area contributed by atoms with Crippen LogP contribution in [-0.2, 0) is 0 Å². The van der Waals surface area contributed by atoms with E-state index in [-0.39, 0.29) is 28.6 Å². The van der Waals surface area contributed by atoms with Gasteiger partial charge >= 0.3 is 0 Å². The summed E-state index contributed by atoms with van der Waals surface area (Å²) in [6.45, 7) is 0. The molecule has 0 atom stereocenters. The van der Waals surface area contributed by atoms with E-state index in [4.69, 9.17) is 0 Å². The van der Waals surface area contributed by atoms with Crippen molar-refractivity contribution in [1.82, 2.24) is 4.98 Å². The van der Waals surface area contributed by atoms with Gasteiger partial charge in [-0.05, 0) is 45.4 Å². The van der Waals surface area contributed by atoms with Crippen molar-refractivity contribution < 1.29 is 10.2 Å². The first-order chi connectivity index (χ1) is 9.11. The summed E-state index contributed by atoms with van der Waals surface area (Å²) in [5, 5.41) is 22.1. The monoisotopic (exact) mass is 321 g/mol. The van der Waals surface area contributed by atoms with Gasteiger partial charge in [-0.3, -0.25) is 0 Å². The van der Waals surface area contributed by atoms with E-state index >= 15 is 0 Å². The van der Waals surface area contributed by atoms with Crippen molar-refractivity contribution in [3.05, 3.63) is 45.4 Å². The third-order valence-corrected chi connectivity index (χ3v) is 2.88. The number of aliphatic imine (C=N–C) groups is 1. The van der Waals surface area contributed by atoms with E-state index in [1.54, 1.807) is 6.07 Å². The van der Waals surface area contributed by atoms with Crippen molar-refractivity contribution in [3.8, 4) is 11.5 Å². The summed E-state index contributed by atoms with van der Waals surface area (Å²) in [7, 11) is 0. The quantitative estimate of drug-likeness (QED) is 0.669. The van der Waals surface area contributed by atoms with E-state index < -0.39 is 0 Å². The number of aromatic hydroxyl groups is 2. The van der Waals surface area contributed by atoms with Crippen molar-refractivity contribution in [1.29, 1.82) is 0 Å². The first-order valence-electron chi connectivity index (χ1n) is 5.15. The molecule has 1 aromatic carbocycles. The van der Waals surface area contributed by atoms with Gasteiger partial charge in [0.25, 0.3) is 0 Å². The van der Waals surface area contributed by atoms with Gasteiger partial charge in [-0.15, -0.1) is 4.91 Å². The molecule has 6 nitrogen and oxygen atoms in total. The first kappa shape index (κ1) is 13.2. The lowest BCUT2D eigenvalue weighted by Gasteiger charge is -2.02.